The average Bonchev–Trinajstić information content (AvgIpc) is 2.97. The van der Waals surface area contributed by atoms with Gasteiger partial charge >= 0.3 is 7.12 Å². The van der Waals surface area contributed by atoms with Crippen LogP contribution in [-0.2, 0) is 9.31 Å². The minimum atomic E-state index is -0.418. The Morgan fingerprint density at radius 3 is 2.43 bits per heavy atom. The molecule has 0 amide bonds. The maximum atomic E-state index is 6.22. The van der Waals surface area contributed by atoms with Crippen LogP contribution in [-0.4, -0.2) is 23.3 Å². The van der Waals surface area contributed by atoms with Gasteiger partial charge in [0.1, 0.15) is 5.15 Å². The molecule has 3 heterocycles. The van der Waals surface area contributed by atoms with E-state index in [1.54, 1.807) is 17.5 Å². The number of nitrogens with zero attached hydrogens (tertiary/aromatic N) is 1. The zero-order chi connectivity index (χ0) is 15.3. The summed E-state index contributed by atoms with van der Waals surface area (Å²) in [5.41, 5.74) is 1.08. The normalized spacial score (nSPS) is 20.0. The van der Waals surface area contributed by atoms with E-state index in [4.69, 9.17) is 20.9 Å². The first-order valence-corrected chi connectivity index (χ1v) is 8.11. The summed E-state index contributed by atoms with van der Waals surface area (Å²) in [5, 5.41) is 2.52. The molecule has 6 heteroatoms. The zero-order valence-electron chi connectivity index (χ0n) is 12.5. The van der Waals surface area contributed by atoms with E-state index >= 15 is 0 Å². The highest BCUT2D eigenvalue weighted by atomic mass is 35.5. The van der Waals surface area contributed by atoms with Gasteiger partial charge in [-0.25, -0.2) is 4.98 Å². The molecule has 2 aromatic rings. The van der Waals surface area contributed by atoms with Crippen molar-refractivity contribution in [2.24, 2.45) is 0 Å². The number of hydrogen-bond donors (Lipinski definition) is 0. The monoisotopic (exact) mass is 321 g/mol. The summed E-state index contributed by atoms with van der Waals surface area (Å²) >= 11 is 7.86. The molecule has 0 aliphatic carbocycles. The van der Waals surface area contributed by atoms with E-state index in [9.17, 15) is 0 Å². The molecule has 0 bridgehead atoms. The summed E-state index contributed by atoms with van der Waals surface area (Å²) in [6.07, 6.45) is 1.72. The topological polar surface area (TPSA) is 31.4 Å². The molecule has 1 aliphatic rings. The van der Waals surface area contributed by atoms with Crippen molar-refractivity contribution in [3.63, 3.8) is 0 Å². The summed E-state index contributed by atoms with van der Waals surface area (Å²) in [6, 6.07) is 6.03. The van der Waals surface area contributed by atoms with Gasteiger partial charge < -0.3 is 9.31 Å². The molecule has 0 N–H and O–H groups in total. The predicted molar refractivity (Wildman–Crippen MR) is 88.3 cm³/mol. The molecule has 0 atom stereocenters. The molecule has 21 heavy (non-hydrogen) atoms. The van der Waals surface area contributed by atoms with E-state index in [0.29, 0.717) is 5.15 Å². The first-order valence-electron chi connectivity index (χ1n) is 6.85. The zero-order valence-corrected chi connectivity index (χ0v) is 14.1. The van der Waals surface area contributed by atoms with Crippen molar-refractivity contribution in [2.75, 3.05) is 0 Å². The van der Waals surface area contributed by atoms with Crippen LogP contribution in [0.4, 0.5) is 0 Å². The fourth-order valence-corrected chi connectivity index (χ4v) is 3.18. The van der Waals surface area contributed by atoms with Crippen LogP contribution in [0.25, 0.3) is 10.4 Å². The van der Waals surface area contributed by atoms with Gasteiger partial charge in [0.05, 0.1) is 11.2 Å². The average molecular weight is 322 g/mol. The van der Waals surface area contributed by atoms with Gasteiger partial charge in [0.25, 0.3) is 0 Å². The van der Waals surface area contributed by atoms with Gasteiger partial charge in [-0.1, -0.05) is 17.7 Å². The number of hydrogen-bond acceptors (Lipinski definition) is 4. The molecule has 2 aromatic heterocycles. The second-order valence-electron chi connectivity index (χ2n) is 6.17. The SMILES string of the molecule is CC1(C)OB(c2cnc(Cl)c(-c3cccs3)c2)OC1(C)C. The van der Waals surface area contributed by atoms with Crippen LogP contribution >= 0.6 is 22.9 Å². The number of aromatic nitrogens is 1. The van der Waals surface area contributed by atoms with Crippen LogP contribution in [0.2, 0.25) is 5.15 Å². The third-order valence-electron chi connectivity index (χ3n) is 4.17. The largest absolute Gasteiger partial charge is 0.496 e. The van der Waals surface area contributed by atoms with Gasteiger partial charge in [-0.15, -0.1) is 11.3 Å². The standard InChI is InChI=1S/C15H17BClNO2S/c1-14(2)15(3,4)20-16(19-14)10-8-11(13(17)18-9-10)12-6-5-7-21-12/h5-9H,1-4H3. The Labute approximate surface area is 134 Å². The van der Waals surface area contributed by atoms with Crippen LogP contribution in [0.3, 0.4) is 0 Å². The molecule has 0 unspecified atom stereocenters. The van der Waals surface area contributed by atoms with Crippen molar-refractivity contribution >= 4 is 35.5 Å². The van der Waals surface area contributed by atoms with Gasteiger partial charge in [-0.3, -0.25) is 0 Å². The van der Waals surface area contributed by atoms with Crippen molar-refractivity contribution in [1.29, 1.82) is 0 Å². The molecule has 0 saturated carbocycles. The first-order chi connectivity index (χ1) is 9.80. The number of thiophene rings is 1. The third kappa shape index (κ3) is 2.64. The summed E-state index contributed by atoms with van der Waals surface area (Å²) in [7, 11) is -0.418. The molecule has 3 nitrogen and oxygen atoms in total. The molecule has 0 aromatic carbocycles. The third-order valence-corrected chi connectivity index (χ3v) is 5.38. The quantitative estimate of drug-likeness (QED) is 0.623. The fraction of sp³-hybridized carbons (Fsp3) is 0.400. The summed E-state index contributed by atoms with van der Waals surface area (Å²) in [6.45, 7) is 8.15. The lowest BCUT2D eigenvalue weighted by atomic mass is 9.79. The van der Waals surface area contributed by atoms with Crippen molar-refractivity contribution in [3.8, 4) is 10.4 Å². The van der Waals surface area contributed by atoms with Crippen molar-refractivity contribution in [2.45, 2.75) is 38.9 Å². The van der Waals surface area contributed by atoms with Crippen LogP contribution in [0.5, 0.6) is 0 Å². The highest BCUT2D eigenvalue weighted by Crippen LogP contribution is 2.37. The molecule has 1 fully saturated rings. The molecular formula is C15H17BClNO2S. The number of pyridine rings is 1. The Morgan fingerprint density at radius 2 is 1.86 bits per heavy atom. The summed E-state index contributed by atoms with van der Waals surface area (Å²) in [5.74, 6) is 0. The van der Waals surface area contributed by atoms with E-state index in [2.05, 4.69) is 4.98 Å². The van der Waals surface area contributed by atoms with Gasteiger partial charge in [0.2, 0.25) is 0 Å². The Kier molecular flexibility index (Phi) is 3.65. The molecule has 110 valence electrons. The van der Waals surface area contributed by atoms with Gasteiger partial charge in [0, 0.05) is 22.1 Å². The van der Waals surface area contributed by atoms with E-state index < -0.39 is 7.12 Å². The Balaban J connectivity index is 1.97. The van der Waals surface area contributed by atoms with Crippen molar-refractivity contribution in [3.05, 3.63) is 34.9 Å². The molecule has 3 rings (SSSR count). The molecule has 1 saturated heterocycles. The smallest absolute Gasteiger partial charge is 0.399 e. The second-order valence-corrected chi connectivity index (χ2v) is 7.48. The summed E-state index contributed by atoms with van der Waals surface area (Å²) in [4.78, 5) is 5.38. The molecular weight excluding hydrogens is 305 g/mol. The van der Waals surface area contributed by atoms with Crippen molar-refractivity contribution < 1.29 is 9.31 Å². The first kappa shape index (κ1) is 15.0. The Hall–Kier alpha value is -0.875. The summed E-state index contributed by atoms with van der Waals surface area (Å²) < 4.78 is 12.1. The minimum absolute atomic E-state index is 0.361. The van der Waals surface area contributed by atoms with E-state index in [1.807, 2.05) is 51.3 Å². The highest BCUT2D eigenvalue weighted by molar-refractivity contribution is 7.13. The maximum Gasteiger partial charge on any atom is 0.496 e. The lowest BCUT2D eigenvalue weighted by molar-refractivity contribution is 0.00578. The number of halogens is 1. The maximum absolute atomic E-state index is 6.22. The van der Waals surface area contributed by atoms with Crippen molar-refractivity contribution in [1.82, 2.24) is 4.98 Å². The van der Waals surface area contributed by atoms with E-state index in [-0.39, 0.29) is 11.2 Å². The Bertz CT molecular complexity index is 642. The van der Waals surface area contributed by atoms with Gasteiger partial charge in [-0.05, 0) is 45.2 Å². The van der Waals surface area contributed by atoms with Crippen LogP contribution in [0.1, 0.15) is 27.7 Å². The molecule has 0 spiro atoms. The fourth-order valence-electron chi connectivity index (χ4n) is 2.18. The highest BCUT2D eigenvalue weighted by Gasteiger charge is 2.51. The van der Waals surface area contributed by atoms with E-state index in [0.717, 1.165) is 15.9 Å². The van der Waals surface area contributed by atoms with Crippen LogP contribution in [0, 0.1) is 0 Å². The number of rotatable bonds is 2. The Morgan fingerprint density at radius 1 is 1.19 bits per heavy atom. The minimum Gasteiger partial charge on any atom is -0.399 e. The lowest BCUT2D eigenvalue weighted by Gasteiger charge is -2.32. The lowest BCUT2D eigenvalue weighted by Crippen LogP contribution is -2.41. The molecule has 0 radical (unpaired) electrons. The molecule has 1 aliphatic heterocycles. The second kappa shape index (κ2) is 5.09. The van der Waals surface area contributed by atoms with Crippen LogP contribution in [0.15, 0.2) is 29.8 Å². The van der Waals surface area contributed by atoms with Crippen LogP contribution < -0.4 is 5.46 Å². The van der Waals surface area contributed by atoms with Gasteiger partial charge in [-0.2, -0.15) is 0 Å². The van der Waals surface area contributed by atoms with Gasteiger partial charge in [0.15, 0.2) is 0 Å². The van der Waals surface area contributed by atoms with E-state index in [1.165, 1.54) is 0 Å². The predicted octanol–water partition coefficient (Wildman–Crippen LogP) is 3.76.